The number of hydrogen-bond donors (Lipinski definition) is 2. The number of carboxylic acid groups (broad SMARTS) is 1. The van der Waals surface area contributed by atoms with Crippen LogP contribution in [-0.2, 0) is 16.0 Å². The van der Waals surface area contributed by atoms with E-state index in [-0.39, 0.29) is 0 Å². The van der Waals surface area contributed by atoms with E-state index in [1.54, 1.807) is 6.92 Å². The standard InChI is InChI=1S/C6H11NO3S/c1-4(7)3-11(10)5(2)6(8)9/h3,5H,7H2,1-2H3,(H,8,9). The van der Waals surface area contributed by atoms with E-state index in [2.05, 4.69) is 0 Å². The lowest BCUT2D eigenvalue weighted by molar-refractivity contribution is -0.136. The molecule has 0 amide bonds. The quantitative estimate of drug-likeness (QED) is 0.595. The molecule has 0 aliphatic carbocycles. The number of allylic oxidation sites excluding steroid dienone is 1. The fraction of sp³-hybridized carbons (Fsp3) is 0.500. The summed E-state index contributed by atoms with van der Waals surface area (Å²) in [7, 11) is 0. The van der Waals surface area contributed by atoms with Crippen LogP contribution in [0.25, 0.3) is 0 Å². The zero-order valence-electron chi connectivity index (χ0n) is 6.40. The molecular formula is C6H11NO3S. The average Bonchev–Trinajstić information content (AvgIpc) is 1.84. The van der Waals surface area contributed by atoms with Gasteiger partial charge in [0.2, 0.25) is 5.25 Å². The van der Waals surface area contributed by atoms with Crippen molar-refractivity contribution in [3.8, 4) is 0 Å². The van der Waals surface area contributed by atoms with Crippen LogP contribution in [0.1, 0.15) is 13.8 Å². The molecule has 2 unspecified atom stereocenters. The third-order valence-corrected chi connectivity index (χ3v) is 2.50. The van der Waals surface area contributed by atoms with Crippen LogP contribution in [0, 0.1) is 0 Å². The van der Waals surface area contributed by atoms with Crippen LogP contribution in [0.5, 0.6) is 0 Å². The lowest BCUT2D eigenvalue weighted by Crippen LogP contribution is -2.25. The molecule has 0 rings (SSSR count). The van der Waals surface area contributed by atoms with Crippen molar-refractivity contribution in [3.05, 3.63) is 11.1 Å². The smallest absolute Gasteiger partial charge is 0.357 e. The summed E-state index contributed by atoms with van der Waals surface area (Å²) in [5.41, 5.74) is 5.58. The summed E-state index contributed by atoms with van der Waals surface area (Å²) in [5.74, 6) is -1.08. The fourth-order valence-corrected chi connectivity index (χ4v) is 1.15. The normalized spacial score (nSPS) is 17.5. The van der Waals surface area contributed by atoms with Crippen LogP contribution in [0.3, 0.4) is 0 Å². The molecule has 0 heterocycles. The Hall–Kier alpha value is -0.680. The highest BCUT2D eigenvalue weighted by Gasteiger charge is 2.22. The molecule has 0 saturated carbocycles. The Labute approximate surface area is 68.3 Å². The van der Waals surface area contributed by atoms with Crippen LogP contribution in [-0.4, -0.2) is 20.9 Å². The third-order valence-electron chi connectivity index (χ3n) is 0.998. The second-order valence-electron chi connectivity index (χ2n) is 2.17. The second-order valence-corrected chi connectivity index (χ2v) is 3.77. The Morgan fingerprint density at radius 3 is 2.55 bits per heavy atom. The van der Waals surface area contributed by atoms with E-state index in [0.717, 1.165) is 0 Å². The molecular weight excluding hydrogens is 166 g/mol. The van der Waals surface area contributed by atoms with Crippen molar-refractivity contribution < 1.29 is 14.5 Å². The zero-order chi connectivity index (χ0) is 9.02. The lowest BCUT2D eigenvalue weighted by Gasteiger charge is -2.09. The van der Waals surface area contributed by atoms with E-state index < -0.39 is 22.4 Å². The largest absolute Gasteiger partial charge is 0.611 e. The van der Waals surface area contributed by atoms with Gasteiger partial charge in [-0.1, -0.05) is 0 Å². The number of aliphatic carboxylic acids is 1. The van der Waals surface area contributed by atoms with Gasteiger partial charge in [-0.15, -0.1) is 0 Å². The maximum absolute atomic E-state index is 11.0. The first-order chi connectivity index (χ1) is 4.95. The Balaban J connectivity index is 4.14. The zero-order valence-corrected chi connectivity index (χ0v) is 7.22. The summed E-state index contributed by atoms with van der Waals surface area (Å²) < 4.78 is 11.0. The van der Waals surface area contributed by atoms with E-state index in [0.29, 0.717) is 5.70 Å². The van der Waals surface area contributed by atoms with Crippen molar-refractivity contribution in [1.82, 2.24) is 0 Å². The highest BCUT2D eigenvalue weighted by atomic mass is 32.2. The predicted molar refractivity (Wildman–Crippen MR) is 43.2 cm³/mol. The van der Waals surface area contributed by atoms with Crippen molar-refractivity contribution >= 4 is 17.1 Å². The molecule has 3 N–H and O–H groups in total. The Morgan fingerprint density at radius 2 is 2.27 bits per heavy atom. The summed E-state index contributed by atoms with van der Waals surface area (Å²) in [6.45, 7) is 2.93. The predicted octanol–water partition coefficient (Wildman–Crippen LogP) is 0.0282. The van der Waals surface area contributed by atoms with Crippen molar-refractivity contribution in [2.24, 2.45) is 5.73 Å². The van der Waals surface area contributed by atoms with Crippen LogP contribution >= 0.6 is 0 Å². The SMILES string of the molecule is CC(N)=C[S+]([O-])C(C)C(=O)O. The van der Waals surface area contributed by atoms with Gasteiger partial charge in [0, 0.05) is 0 Å². The van der Waals surface area contributed by atoms with E-state index in [4.69, 9.17) is 10.8 Å². The number of carbonyl (C=O) groups is 1. The highest BCUT2D eigenvalue weighted by molar-refractivity contribution is 7.95. The lowest BCUT2D eigenvalue weighted by atomic mass is 10.5. The van der Waals surface area contributed by atoms with Crippen molar-refractivity contribution in [2.45, 2.75) is 19.1 Å². The number of nitrogens with two attached hydrogens (primary N) is 1. The van der Waals surface area contributed by atoms with Gasteiger partial charge >= 0.3 is 5.97 Å². The minimum absolute atomic E-state index is 0.372. The molecule has 0 aliphatic rings. The molecule has 0 saturated heterocycles. The van der Waals surface area contributed by atoms with Gasteiger partial charge in [-0.05, 0) is 25.0 Å². The maximum atomic E-state index is 11.0. The summed E-state index contributed by atoms with van der Waals surface area (Å²) >= 11 is -1.51. The van der Waals surface area contributed by atoms with Gasteiger partial charge in [0.05, 0.1) is 5.70 Å². The monoisotopic (exact) mass is 177 g/mol. The molecule has 0 spiro atoms. The van der Waals surface area contributed by atoms with Crippen molar-refractivity contribution in [2.75, 3.05) is 0 Å². The van der Waals surface area contributed by atoms with Crippen LogP contribution in [0.4, 0.5) is 0 Å². The molecule has 0 bridgehead atoms. The molecule has 64 valence electrons. The first-order valence-corrected chi connectivity index (χ1v) is 4.29. The molecule has 0 aromatic carbocycles. The summed E-state index contributed by atoms with van der Waals surface area (Å²) in [5, 5.41) is 8.74. The molecule has 2 atom stereocenters. The molecule has 0 aromatic rings. The first-order valence-electron chi connectivity index (χ1n) is 3.01. The summed E-state index contributed by atoms with van der Waals surface area (Å²) in [6.07, 6.45) is 0. The molecule has 0 radical (unpaired) electrons. The molecule has 0 fully saturated rings. The van der Waals surface area contributed by atoms with Gasteiger partial charge in [-0.3, -0.25) is 0 Å². The van der Waals surface area contributed by atoms with Crippen molar-refractivity contribution in [1.29, 1.82) is 0 Å². The number of rotatable bonds is 3. The van der Waals surface area contributed by atoms with Gasteiger partial charge in [0.15, 0.2) is 0 Å². The number of hydrogen-bond acceptors (Lipinski definition) is 3. The minimum atomic E-state index is -1.51. The van der Waals surface area contributed by atoms with Crippen LogP contribution in [0.15, 0.2) is 11.1 Å². The van der Waals surface area contributed by atoms with Gasteiger partial charge in [-0.2, -0.15) is 0 Å². The number of carboxylic acids is 1. The van der Waals surface area contributed by atoms with E-state index in [1.807, 2.05) is 0 Å². The van der Waals surface area contributed by atoms with Crippen LogP contribution in [0.2, 0.25) is 0 Å². The fourth-order valence-electron chi connectivity index (χ4n) is 0.385. The summed E-state index contributed by atoms with van der Waals surface area (Å²) in [4.78, 5) is 10.3. The maximum Gasteiger partial charge on any atom is 0.357 e. The van der Waals surface area contributed by atoms with E-state index in [9.17, 15) is 9.35 Å². The Morgan fingerprint density at radius 1 is 1.82 bits per heavy atom. The van der Waals surface area contributed by atoms with Crippen LogP contribution < -0.4 is 5.73 Å². The molecule has 0 aromatic heterocycles. The molecule has 4 nitrogen and oxygen atoms in total. The van der Waals surface area contributed by atoms with Gasteiger partial charge in [0.1, 0.15) is 5.41 Å². The minimum Gasteiger partial charge on any atom is -0.611 e. The molecule has 5 heteroatoms. The van der Waals surface area contributed by atoms with Gasteiger partial charge in [0.25, 0.3) is 0 Å². The molecule has 11 heavy (non-hydrogen) atoms. The van der Waals surface area contributed by atoms with Gasteiger partial charge in [-0.25, -0.2) is 4.79 Å². The highest BCUT2D eigenvalue weighted by Crippen LogP contribution is 2.04. The topological polar surface area (TPSA) is 86.4 Å². The average molecular weight is 177 g/mol. The second kappa shape index (κ2) is 4.25. The van der Waals surface area contributed by atoms with E-state index in [1.165, 1.54) is 12.3 Å². The summed E-state index contributed by atoms with van der Waals surface area (Å²) in [6, 6.07) is 0. The first kappa shape index (κ1) is 10.3. The Kier molecular flexibility index (Phi) is 3.99. The Bertz CT molecular complexity index is 177. The third kappa shape index (κ3) is 3.90. The van der Waals surface area contributed by atoms with Crippen molar-refractivity contribution in [3.63, 3.8) is 0 Å². The van der Waals surface area contributed by atoms with Gasteiger partial charge < -0.3 is 15.4 Å². The molecule has 0 aliphatic heterocycles. The van der Waals surface area contributed by atoms with E-state index >= 15 is 0 Å².